The van der Waals surface area contributed by atoms with Crippen molar-refractivity contribution >= 4 is 16.7 Å². The van der Waals surface area contributed by atoms with Crippen LogP contribution in [-0.4, -0.2) is 47.3 Å². The lowest BCUT2D eigenvalue weighted by molar-refractivity contribution is -0.121. The molecule has 4 aromatic rings. The lowest BCUT2D eigenvalue weighted by atomic mass is 10.1. The first-order chi connectivity index (χ1) is 18.0. The van der Waals surface area contributed by atoms with Gasteiger partial charge in [0.05, 0.1) is 18.2 Å². The van der Waals surface area contributed by atoms with Gasteiger partial charge in [0.1, 0.15) is 24.1 Å². The molecule has 0 saturated carbocycles. The minimum absolute atomic E-state index is 0.125. The van der Waals surface area contributed by atoms with Crippen LogP contribution in [0.4, 0.5) is 0 Å². The number of amides is 1. The molecule has 1 unspecified atom stereocenters. The number of aromatic nitrogens is 2. The molecule has 5 rings (SSSR count). The predicted octanol–water partition coefficient (Wildman–Crippen LogP) is 3.47. The van der Waals surface area contributed by atoms with E-state index >= 15 is 0 Å². The van der Waals surface area contributed by atoms with Crippen molar-refractivity contribution in [1.29, 1.82) is 0 Å². The van der Waals surface area contributed by atoms with Gasteiger partial charge in [-0.25, -0.2) is 4.68 Å². The fourth-order valence-electron chi connectivity index (χ4n) is 4.80. The molecule has 0 radical (unpaired) electrons. The van der Waals surface area contributed by atoms with Gasteiger partial charge in [0, 0.05) is 42.7 Å². The van der Waals surface area contributed by atoms with E-state index in [1.54, 1.807) is 13.2 Å². The first-order valence-electron chi connectivity index (χ1n) is 12.4. The minimum atomic E-state index is -0.266. The zero-order valence-electron chi connectivity index (χ0n) is 21.0. The number of para-hydroxylation sites is 2. The Kier molecular flexibility index (Phi) is 7.18. The number of ether oxygens (including phenoxy) is 2. The summed E-state index contributed by atoms with van der Waals surface area (Å²) in [7, 11) is 1.66. The van der Waals surface area contributed by atoms with Crippen molar-refractivity contribution in [2.24, 2.45) is 0 Å². The Hall–Kier alpha value is -4.17. The van der Waals surface area contributed by atoms with Crippen LogP contribution >= 0.6 is 0 Å². The lowest BCUT2D eigenvalue weighted by Crippen LogP contribution is -2.39. The van der Waals surface area contributed by atoms with E-state index in [0.717, 1.165) is 28.0 Å². The SMILES string of the molecule is COc1ccccc1C1CN(CCNC(=O)Cn2nc(C)c3ccccc3c2=O)Cc2ccccc2O1. The second kappa shape index (κ2) is 10.8. The predicted molar refractivity (Wildman–Crippen MR) is 142 cm³/mol. The van der Waals surface area contributed by atoms with Gasteiger partial charge in [0.25, 0.3) is 5.56 Å². The summed E-state index contributed by atoms with van der Waals surface area (Å²) in [4.78, 5) is 27.8. The van der Waals surface area contributed by atoms with Crippen LogP contribution < -0.4 is 20.3 Å². The molecule has 8 nitrogen and oxygen atoms in total. The van der Waals surface area contributed by atoms with Gasteiger partial charge in [-0.2, -0.15) is 5.10 Å². The van der Waals surface area contributed by atoms with Crippen LogP contribution in [0.5, 0.6) is 11.5 Å². The standard InChI is InChI=1S/C29H30N4O4/c1-20-22-10-4-5-11-23(22)29(35)33(31-20)19-28(34)30-15-16-32-17-21-9-3-7-13-25(21)37-27(18-32)24-12-6-8-14-26(24)36-2/h3-14,27H,15-19H2,1-2H3,(H,30,34). The lowest BCUT2D eigenvalue weighted by Gasteiger charge is -2.25. The van der Waals surface area contributed by atoms with Gasteiger partial charge in [-0.15, -0.1) is 0 Å². The third-order valence-corrected chi connectivity index (χ3v) is 6.64. The van der Waals surface area contributed by atoms with E-state index in [9.17, 15) is 9.59 Å². The second-order valence-electron chi connectivity index (χ2n) is 9.14. The molecular weight excluding hydrogens is 468 g/mol. The first kappa shape index (κ1) is 24.5. The number of rotatable bonds is 7. The quantitative estimate of drug-likeness (QED) is 0.420. The van der Waals surface area contributed by atoms with E-state index in [-0.39, 0.29) is 24.1 Å². The zero-order chi connectivity index (χ0) is 25.8. The Bertz CT molecular complexity index is 1480. The first-order valence-corrected chi connectivity index (χ1v) is 12.4. The minimum Gasteiger partial charge on any atom is -0.496 e. The van der Waals surface area contributed by atoms with Crippen molar-refractivity contribution in [3.8, 4) is 11.5 Å². The van der Waals surface area contributed by atoms with E-state index in [0.29, 0.717) is 37.3 Å². The van der Waals surface area contributed by atoms with E-state index in [2.05, 4.69) is 21.4 Å². The Morgan fingerprint density at radius 3 is 2.62 bits per heavy atom. The van der Waals surface area contributed by atoms with Crippen LogP contribution in [0, 0.1) is 6.92 Å². The highest BCUT2D eigenvalue weighted by Crippen LogP contribution is 2.34. The largest absolute Gasteiger partial charge is 0.496 e. The summed E-state index contributed by atoms with van der Waals surface area (Å²) in [5, 5.41) is 8.66. The number of aryl methyl sites for hydroxylation is 1. The summed E-state index contributed by atoms with van der Waals surface area (Å²) in [5.41, 5.74) is 2.52. The molecule has 0 spiro atoms. The van der Waals surface area contributed by atoms with E-state index in [4.69, 9.17) is 9.47 Å². The molecule has 0 fully saturated rings. The Labute approximate surface area is 215 Å². The molecule has 2 heterocycles. The monoisotopic (exact) mass is 498 g/mol. The molecule has 1 N–H and O–H groups in total. The van der Waals surface area contributed by atoms with Crippen molar-refractivity contribution in [3.63, 3.8) is 0 Å². The number of hydrogen-bond acceptors (Lipinski definition) is 6. The summed E-state index contributed by atoms with van der Waals surface area (Å²) in [6.07, 6.45) is -0.223. The average Bonchev–Trinajstić information content (AvgIpc) is 3.11. The Morgan fingerprint density at radius 2 is 1.78 bits per heavy atom. The molecule has 0 bridgehead atoms. The van der Waals surface area contributed by atoms with E-state index in [1.807, 2.05) is 67.6 Å². The molecular formula is C29H30N4O4. The van der Waals surface area contributed by atoms with Gasteiger partial charge >= 0.3 is 0 Å². The molecule has 37 heavy (non-hydrogen) atoms. The Balaban J connectivity index is 1.27. The molecule has 8 heteroatoms. The number of hydrogen-bond donors (Lipinski definition) is 1. The third-order valence-electron chi connectivity index (χ3n) is 6.64. The van der Waals surface area contributed by atoms with Crippen molar-refractivity contribution in [2.45, 2.75) is 26.1 Å². The van der Waals surface area contributed by atoms with Crippen LogP contribution in [0.1, 0.15) is 22.9 Å². The van der Waals surface area contributed by atoms with Gasteiger partial charge in [-0.05, 0) is 25.1 Å². The molecule has 1 aliphatic heterocycles. The number of fused-ring (bicyclic) bond motifs is 2. The van der Waals surface area contributed by atoms with Crippen molar-refractivity contribution in [1.82, 2.24) is 20.0 Å². The fourth-order valence-corrected chi connectivity index (χ4v) is 4.80. The van der Waals surface area contributed by atoms with Crippen molar-refractivity contribution in [2.75, 3.05) is 26.7 Å². The van der Waals surface area contributed by atoms with Crippen LogP contribution in [0.3, 0.4) is 0 Å². The maximum Gasteiger partial charge on any atom is 0.275 e. The molecule has 190 valence electrons. The molecule has 0 saturated heterocycles. The van der Waals surface area contributed by atoms with Gasteiger partial charge in [-0.1, -0.05) is 54.6 Å². The van der Waals surface area contributed by atoms with Crippen LogP contribution in [0.25, 0.3) is 10.8 Å². The van der Waals surface area contributed by atoms with Gasteiger partial charge < -0.3 is 14.8 Å². The smallest absolute Gasteiger partial charge is 0.275 e. The van der Waals surface area contributed by atoms with E-state index < -0.39 is 0 Å². The summed E-state index contributed by atoms with van der Waals surface area (Å²) < 4.78 is 13.3. The number of nitrogens with one attached hydrogen (secondary N) is 1. The summed E-state index contributed by atoms with van der Waals surface area (Å²) >= 11 is 0. The van der Waals surface area contributed by atoms with Crippen molar-refractivity contribution in [3.05, 3.63) is 100.0 Å². The zero-order valence-corrected chi connectivity index (χ0v) is 21.0. The summed E-state index contributed by atoms with van der Waals surface area (Å²) in [6, 6.07) is 23.2. The highest BCUT2D eigenvalue weighted by Gasteiger charge is 2.26. The third kappa shape index (κ3) is 5.34. The molecule has 3 aromatic carbocycles. The highest BCUT2D eigenvalue weighted by molar-refractivity contribution is 5.83. The summed E-state index contributed by atoms with van der Waals surface area (Å²) in [5.74, 6) is 1.38. The molecule has 1 aromatic heterocycles. The normalized spacial score (nSPS) is 15.5. The van der Waals surface area contributed by atoms with E-state index in [1.165, 1.54) is 4.68 Å². The maximum absolute atomic E-state index is 12.8. The van der Waals surface area contributed by atoms with Gasteiger partial charge in [-0.3, -0.25) is 14.5 Å². The average molecular weight is 499 g/mol. The number of nitrogens with zero attached hydrogens (tertiary/aromatic N) is 3. The highest BCUT2D eigenvalue weighted by atomic mass is 16.5. The number of carbonyl (C=O) groups is 1. The van der Waals surface area contributed by atoms with Crippen molar-refractivity contribution < 1.29 is 14.3 Å². The number of benzene rings is 3. The van der Waals surface area contributed by atoms with Crippen LogP contribution in [0.15, 0.2) is 77.6 Å². The second-order valence-corrected chi connectivity index (χ2v) is 9.14. The van der Waals surface area contributed by atoms with Gasteiger partial charge in [0.15, 0.2) is 0 Å². The summed E-state index contributed by atoms with van der Waals surface area (Å²) in [6.45, 7) is 4.10. The number of carbonyl (C=O) groups excluding carboxylic acids is 1. The van der Waals surface area contributed by atoms with Crippen LogP contribution in [-0.2, 0) is 17.9 Å². The van der Waals surface area contributed by atoms with Gasteiger partial charge in [0.2, 0.25) is 5.91 Å². The Morgan fingerprint density at radius 1 is 1.05 bits per heavy atom. The molecule has 1 amide bonds. The number of methoxy groups -OCH3 is 1. The molecule has 0 aliphatic carbocycles. The topological polar surface area (TPSA) is 85.7 Å². The van der Waals surface area contributed by atoms with Crippen LogP contribution in [0.2, 0.25) is 0 Å². The fraction of sp³-hybridized carbons (Fsp3) is 0.276. The molecule has 1 atom stereocenters. The molecule has 1 aliphatic rings. The maximum atomic E-state index is 12.8.